The molecule has 0 aliphatic rings. The number of nitrogens with one attached hydrogen (secondary N) is 1. The molecular weight excluding hydrogens is 372 g/mol. The number of hydrogen-bond acceptors (Lipinski definition) is 4. The van der Waals surface area contributed by atoms with Crippen molar-refractivity contribution in [3.8, 4) is 0 Å². The number of ether oxygens (including phenoxy) is 1. The van der Waals surface area contributed by atoms with Gasteiger partial charge in [-0.05, 0) is 37.8 Å². The molecule has 2 heterocycles. The number of carbonyl (C=O) groups is 2. The van der Waals surface area contributed by atoms with Crippen LogP contribution in [0, 0.1) is 13.8 Å². The number of carbonyl (C=O) groups excluding carboxylic acids is 2. The number of aromatic nitrogens is 1. The summed E-state index contributed by atoms with van der Waals surface area (Å²) < 4.78 is 4.85. The number of ketones is 1. The molecule has 2 atom stereocenters. The Morgan fingerprint density at radius 1 is 1.11 bits per heavy atom. The normalized spacial score (nSPS) is 13.1. The standard InChI is InChI=1S/C22H24N2O3S/c1-13-18(22(26)27-4)14(2)23-19(13)21(25)15(3)24-20(17-11-8-12-28-17)16-9-6-5-7-10-16/h5-12,15,20,23-24H,1-4H3/p+1/t15-,20-/m0/s1. The van der Waals surface area contributed by atoms with E-state index in [1.54, 1.807) is 25.2 Å². The molecule has 0 aliphatic heterocycles. The van der Waals surface area contributed by atoms with Crippen molar-refractivity contribution >= 4 is 23.1 Å². The van der Waals surface area contributed by atoms with Crippen LogP contribution in [0.3, 0.4) is 0 Å². The maximum atomic E-state index is 13.2. The third kappa shape index (κ3) is 3.93. The van der Waals surface area contributed by atoms with Gasteiger partial charge in [0.05, 0.1) is 23.2 Å². The Morgan fingerprint density at radius 2 is 1.82 bits per heavy atom. The fourth-order valence-corrected chi connectivity index (χ4v) is 4.34. The maximum Gasteiger partial charge on any atom is 0.339 e. The molecule has 0 fully saturated rings. The minimum Gasteiger partial charge on any atom is -0.465 e. The highest BCUT2D eigenvalue weighted by Crippen LogP contribution is 2.24. The highest BCUT2D eigenvalue weighted by atomic mass is 32.1. The molecule has 28 heavy (non-hydrogen) atoms. The van der Waals surface area contributed by atoms with Crippen LogP contribution in [-0.2, 0) is 4.74 Å². The molecule has 3 N–H and O–H groups in total. The molecule has 146 valence electrons. The molecule has 0 aliphatic carbocycles. The summed E-state index contributed by atoms with van der Waals surface area (Å²) >= 11 is 1.68. The lowest BCUT2D eigenvalue weighted by molar-refractivity contribution is -0.703. The predicted octanol–water partition coefficient (Wildman–Crippen LogP) is 3.40. The molecule has 0 unspecified atom stereocenters. The van der Waals surface area contributed by atoms with Gasteiger partial charge < -0.3 is 15.0 Å². The van der Waals surface area contributed by atoms with Gasteiger partial charge in [-0.25, -0.2) is 4.79 Å². The van der Waals surface area contributed by atoms with Gasteiger partial charge in [0.15, 0.2) is 0 Å². The zero-order valence-corrected chi connectivity index (χ0v) is 17.3. The number of quaternary nitrogens is 1. The number of rotatable bonds is 7. The monoisotopic (exact) mass is 397 g/mol. The summed E-state index contributed by atoms with van der Waals surface area (Å²) in [6, 6.07) is 14.0. The first-order chi connectivity index (χ1) is 13.4. The van der Waals surface area contributed by atoms with Crippen molar-refractivity contribution in [3.05, 3.63) is 80.8 Å². The molecule has 3 rings (SSSR count). The van der Waals surface area contributed by atoms with Gasteiger partial charge in [-0.3, -0.25) is 4.79 Å². The van der Waals surface area contributed by atoms with Gasteiger partial charge in [0.2, 0.25) is 5.78 Å². The lowest BCUT2D eigenvalue weighted by Gasteiger charge is -2.19. The maximum absolute atomic E-state index is 13.2. The van der Waals surface area contributed by atoms with Crippen LogP contribution < -0.4 is 5.32 Å². The van der Waals surface area contributed by atoms with Crippen LogP contribution >= 0.6 is 11.3 Å². The molecular formula is C22H25N2O3S+. The van der Waals surface area contributed by atoms with Crippen LogP contribution in [0.25, 0.3) is 0 Å². The molecule has 5 nitrogen and oxygen atoms in total. The first kappa shape index (κ1) is 20.0. The fourth-order valence-electron chi connectivity index (χ4n) is 3.51. The minimum absolute atomic E-state index is 0.0340. The van der Waals surface area contributed by atoms with Gasteiger partial charge in [0.1, 0.15) is 12.1 Å². The Balaban J connectivity index is 1.88. The molecule has 3 aromatic rings. The Morgan fingerprint density at radius 3 is 2.43 bits per heavy atom. The number of Topliss-reactive ketones (excluding diaryl/α,β-unsaturated/α-hetero) is 1. The molecule has 0 saturated carbocycles. The molecule has 6 heteroatoms. The molecule has 0 amide bonds. The zero-order valence-electron chi connectivity index (χ0n) is 16.5. The number of H-pyrrole nitrogens is 1. The summed E-state index contributed by atoms with van der Waals surface area (Å²) in [5.41, 5.74) is 3.36. The molecule has 1 aromatic carbocycles. The average Bonchev–Trinajstić information content (AvgIpc) is 3.33. The second-order valence-corrected chi connectivity index (χ2v) is 7.85. The topological polar surface area (TPSA) is 75.8 Å². The first-order valence-electron chi connectivity index (χ1n) is 9.19. The van der Waals surface area contributed by atoms with Gasteiger partial charge in [0, 0.05) is 11.3 Å². The SMILES string of the molecule is COC(=O)c1c(C)[nH]c(C(=O)[C@H](C)[NH2+][C@@H](c2ccccc2)c2cccs2)c1C. The summed E-state index contributed by atoms with van der Waals surface area (Å²) in [7, 11) is 1.34. The number of benzene rings is 1. The summed E-state index contributed by atoms with van der Waals surface area (Å²) in [6.07, 6.45) is 0. The highest BCUT2D eigenvalue weighted by Gasteiger charge is 2.30. The molecule has 0 bridgehead atoms. The number of hydrogen-bond donors (Lipinski definition) is 2. The van der Waals surface area contributed by atoms with Crippen LogP contribution in [0.2, 0.25) is 0 Å². The molecule has 2 aromatic heterocycles. The third-order valence-corrected chi connectivity index (χ3v) is 5.93. The Kier molecular flexibility index (Phi) is 6.11. The second kappa shape index (κ2) is 8.54. The van der Waals surface area contributed by atoms with E-state index >= 15 is 0 Å². The summed E-state index contributed by atoms with van der Waals surface area (Å²) in [5, 5.41) is 4.13. The molecule has 0 radical (unpaired) electrons. The van der Waals surface area contributed by atoms with Crippen molar-refractivity contribution in [2.24, 2.45) is 0 Å². The van der Waals surface area contributed by atoms with Crippen LogP contribution in [0.1, 0.15) is 55.5 Å². The number of esters is 1. The van der Waals surface area contributed by atoms with Crippen LogP contribution in [0.4, 0.5) is 0 Å². The van der Waals surface area contributed by atoms with E-state index < -0.39 is 5.97 Å². The van der Waals surface area contributed by atoms with E-state index in [1.807, 2.05) is 36.6 Å². The fraction of sp³-hybridized carbons (Fsp3) is 0.273. The summed E-state index contributed by atoms with van der Waals surface area (Å²) in [6.45, 7) is 5.46. The number of nitrogens with two attached hydrogens (primary N) is 1. The van der Waals surface area contributed by atoms with Gasteiger partial charge in [-0.1, -0.05) is 36.4 Å². The zero-order chi connectivity index (χ0) is 20.3. The van der Waals surface area contributed by atoms with Crippen molar-refractivity contribution in [2.75, 3.05) is 7.11 Å². The van der Waals surface area contributed by atoms with Crippen molar-refractivity contribution < 1.29 is 19.6 Å². The largest absolute Gasteiger partial charge is 0.465 e. The van der Waals surface area contributed by atoms with Crippen LogP contribution in [-0.4, -0.2) is 29.9 Å². The Bertz CT molecular complexity index is 961. The summed E-state index contributed by atoms with van der Waals surface area (Å²) in [4.78, 5) is 29.5. The van der Waals surface area contributed by atoms with Crippen molar-refractivity contribution in [2.45, 2.75) is 32.9 Å². The second-order valence-electron chi connectivity index (χ2n) is 6.87. The van der Waals surface area contributed by atoms with Crippen molar-refractivity contribution in [1.29, 1.82) is 0 Å². The Hall–Kier alpha value is -2.70. The highest BCUT2D eigenvalue weighted by molar-refractivity contribution is 7.10. The molecule has 0 saturated heterocycles. The minimum atomic E-state index is -0.428. The van der Waals surface area contributed by atoms with Gasteiger partial charge in [0.25, 0.3) is 0 Å². The predicted molar refractivity (Wildman–Crippen MR) is 110 cm³/mol. The molecule has 0 spiro atoms. The number of methoxy groups -OCH3 is 1. The van der Waals surface area contributed by atoms with E-state index in [0.29, 0.717) is 22.5 Å². The van der Waals surface area contributed by atoms with E-state index in [9.17, 15) is 9.59 Å². The lowest BCUT2D eigenvalue weighted by Crippen LogP contribution is -2.92. The average molecular weight is 398 g/mol. The van der Waals surface area contributed by atoms with Crippen molar-refractivity contribution in [1.82, 2.24) is 4.98 Å². The van der Waals surface area contributed by atoms with E-state index in [2.05, 4.69) is 28.5 Å². The van der Waals surface area contributed by atoms with E-state index in [-0.39, 0.29) is 17.9 Å². The van der Waals surface area contributed by atoms with Gasteiger partial charge in [-0.15, -0.1) is 11.3 Å². The van der Waals surface area contributed by atoms with Crippen LogP contribution in [0.5, 0.6) is 0 Å². The van der Waals surface area contributed by atoms with E-state index in [0.717, 1.165) is 5.56 Å². The van der Waals surface area contributed by atoms with Gasteiger partial charge >= 0.3 is 5.97 Å². The third-order valence-electron chi connectivity index (χ3n) is 4.98. The first-order valence-corrected chi connectivity index (χ1v) is 10.1. The number of thiophene rings is 1. The van der Waals surface area contributed by atoms with E-state index in [4.69, 9.17) is 4.74 Å². The Labute approximate surface area is 168 Å². The number of aryl methyl sites for hydroxylation is 1. The smallest absolute Gasteiger partial charge is 0.339 e. The van der Waals surface area contributed by atoms with Crippen LogP contribution in [0.15, 0.2) is 47.8 Å². The van der Waals surface area contributed by atoms with Gasteiger partial charge in [-0.2, -0.15) is 0 Å². The van der Waals surface area contributed by atoms with E-state index in [1.165, 1.54) is 12.0 Å². The van der Waals surface area contributed by atoms with Crippen molar-refractivity contribution in [3.63, 3.8) is 0 Å². The quantitative estimate of drug-likeness (QED) is 0.474. The lowest BCUT2D eigenvalue weighted by atomic mass is 10.0. The summed E-state index contributed by atoms with van der Waals surface area (Å²) in [5.74, 6) is -0.462. The number of aromatic amines is 1.